The number of aliphatic hydroxyl groups excluding tert-OH is 1. The third kappa shape index (κ3) is 4.42. The molecular weight excluding hydrogens is 328 g/mol. The Morgan fingerprint density at radius 1 is 1.21 bits per heavy atom. The van der Waals surface area contributed by atoms with Crippen LogP contribution >= 0.6 is 11.8 Å². The van der Waals surface area contributed by atoms with Crippen LogP contribution < -0.4 is 4.74 Å². The second-order valence-corrected chi connectivity index (χ2v) is 6.60. The number of hydrogen-bond donors (Lipinski definition) is 1. The molecule has 1 aliphatic rings. The van der Waals surface area contributed by atoms with Crippen molar-refractivity contribution in [3.63, 3.8) is 0 Å². The molecule has 24 heavy (non-hydrogen) atoms. The lowest BCUT2D eigenvalue weighted by molar-refractivity contribution is -0.141. The highest BCUT2D eigenvalue weighted by atomic mass is 32.2. The van der Waals surface area contributed by atoms with Crippen molar-refractivity contribution < 1.29 is 19.4 Å². The normalized spacial score (nSPS) is 16.0. The highest BCUT2D eigenvalue weighted by Crippen LogP contribution is 2.20. The van der Waals surface area contributed by atoms with E-state index in [-0.39, 0.29) is 11.8 Å². The molecule has 1 saturated heterocycles. The standard InChI is InChI=1S/C17H24N2O4S/c1-23-15-6-4-3-5-13(15)16(21)18-8-10-19(11-9-18)17(22)14(20)7-12-24-2/h3-6,14,20H,7-12H2,1-2H3/t14-/m0/s1. The van der Waals surface area contributed by atoms with E-state index in [2.05, 4.69) is 0 Å². The maximum absolute atomic E-state index is 12.6. The predicted octanol–water partition coefficient (Wildman–Crippen LogP) is 1.09. The Hall–Kier alpha value is -1.73. The molecule has 0 spiro atoms. The Kier molecular flexibility index (Phi) is 6.93. The molecule has 1 aromatic rings. The van der Waals surface area contributed by atoms with Crippen LogP contribution in [0.5, 0.6) is 5.75 Å². The van der Waals surface area contributed by atoms with Crippen LogP contribution in [-0.2, 0) is 4.79 Å². The Bertz CT molecular complexity index is 573. The number of methoxy groups -OCH3 is 1. The van der Waals surface area contributed by atoms with E-state index in [1.54, 1.807) is 46.9 Å². The van der Waals surface area contributed by atoms with Crippen molar-refractivity contribution in [2.24, 2.45) is 0 Å². The molecule has 0 saturated carbocycles. The predicted molar refractivity (Wildman–Crippen MR) is 94.5 cm³/mol. The number of aliphatic hydroxyl groups is 1. The summed E-state index contributed by atoms with van der Waals surface area (Å²) in [5, 5.41) is 9.92. The van der Waals surface area contributed by atoms with E-state index >= 15 is 0 Å². The van der Waals surface area contributed by atoms with Gasteiger partial charge in [-0.05, 0) is 30.6 Å². The Morgan fingerprint density at radius 2 is 1.83 bits per heavy atom. The van der Waals surface area contributed by atoms with Gasteiger partial charge in [-0.15, -0.1) is 0 Å². The summed E-state index contributed by atoms with van der Waals surface area (Å²) in [6.45, 7) is 1.79. The van der Waals surface area contributed by atoms with Gasteiger partial charge in [-0.2, -0.15) is 11.8 Å². The molecule has 1 N–H and O–H groups in total. The van der Waals surface area contributed by atoms with E-state index in [0.717, 1.165) is 5.75 Å². The lowest BCUT2D eigenvalue weighted by atomic mass is 10.1. The molecule has 2 rings (SSSR count). The number of benzene rings is 1. The van der Waals surface area contributed by atoms with Gasteiger partial charge >= 0.3 is 0 Å². The number of thioether (sulfide) groups is 1. The zero-order valence-electron chi connectivity index (χ0n) is 14.1. The topological polar surface area (TPSA) is 70.1 Å². The molecule has 0 unspecified atom stereocenters. The molecule has 0 aromatic heterocycles. The zero-order chi connectivity index (χ0) is 17.5. The van der Waals surface area contributed by atoms with Crippen LogP contribution in [0.2, 0.25) is 0 Å². The third-order valence-electron chi connectivity index (χ3n) is 4.10. The minimum Gasteiger partial charge on any atom is -0.496 e. The second-order valence-electron chi connectivity index (χ2n) is 5.62. The van der Waals surface area contributed by atoms with Gasteiger partial charge in [-0.25, -0.2) is 0 Å². The molecule has 132 valence electrons. The molecule has 1 aromatic carbocycles. The molecule has 0 radical (unpaired) electrons. The summed E-state index contributed by atoms with van der Waals surface area (Å²) in [4.78, 5) is 28.2. The summed E-state index contributed by atoms with van der Waals surface area (Å²) >= 11 is 1.60. The average Bonchev–Trinajstić information content (AvgIpc) is 2.64. The van der Waals surface area contributed by atoms with E-state index < -0.39 is 6.10 Å². The number of carbonyl (C=O) groups excluding carboxylic acids is 2. The van der Waals surface area contributed by atoms with E-state index in [1.165, 1.54) is 0 Å². The molecule has 1 aliphatic heterocycles. The molecule has 1 fully saturated rings. The van der Waals surface area contributed by atoms with E-state index in [1.807, 2.05) is 12.3 Å². The summed E-state index contributed by atoms with van der Waals surface area (Å²) in [5.41, 5.74) is 0.528. The fraction of sp³-hybridized carbons (Fsp3) is 0.529. The SMILES string of the molecule is COc1ccccc1C(=O)N1CCN(C(=O)[C@@H](O)CCSC)CC1. The zero-order valence-corrected chi connectivity index (χ0v) is 14.9. The molecular formula is C17H24N2O4S. The van der Waals surface area contributed by atoms with Gasteiger partial charge in [-0.1, -0.05) is 12.1 Å². The van der Waals surface area contributed by atoms with Crippen molar-refractivity contribution in [2.75, 3.05) is 45.3 Å². The highest BCUT2D eigenvalue weighted by Gasteiger charge is 2.28. The first-order valence-corrected chi connectivity index (χ1v) is 9.36. The van der Waals surface area contributed by atoms with Gasteiger partial charge < -0.3 is 19.6 Å². The number of rotatable bonds is 6. The molecule has 1 atom stereocenters. The van der Waals surface area contributed by atoms with Crippen LogP contribution in [-0.4, -0.2) is 78.1 Å². The molecule has 2 amide bonds. The highest BCUT2D eigenvalue weighted by molar-refractivity contribution is 7.98. The Morgan fingerprint density at radius 3 is 2.46 bits per heavy atom. The smallest absolute Gasteiger partial charge is 0.257 e. The molecule has 6 nitrogen and oxygen atoms in total. The minimum absolute atomic E-state index is 0.0949. The molecule has 7 heteroatoms. The third-order valence-corrected chi connectivity index (χ3v) is 4.74. The molecule has 1 heterocycles. The van der Waals surface area contributed by atoms with Crippen molar-refractivity contribution >= 4 is 23.6 Å². The van der Waals surface area contributed by atoms with Crippen molar-refractivity contribution in [3.05, 3.63) is 29.8 Å². The fourth-order valence-electron chi connectivity index (χ4n) is 2.69. The number of hydrogen-bond acceptors (Lipinski definition) is 5. The van der Waals surface area contributed by atoms with Crippen LogP contribution in [0, 0.1) is 0 Å². The van der Waals surface area contributed by atoms with Gasteiger partial charge in [0.05, 0.1) is 12.7 Å². The van der Waals surface area contributed by atoms with Crippen LogP contribution in [0.3, 0.4) is 0 Å². The number of nitrogens with zero attached hydrogens (tertiary/aromatic N) is 2. The summed E-state index contributed by atoms with van der Waals surface area (Å²) in [7, 11) is 1.54. The summed E-state index contributed by atoms with van der Waals surface area (Å²) in [5.74, 6) is 0.962. The number of carbonyl (C=O) groups is 2. The maximum Gasteiger partial charge on any atom is 0.257 e. The van der Waals surface area contributed by atoms with Crippen LogP contribution in [0.4, 0.5) is 0 Å². The van der Waals surface area contributed by atoms with Gasteiger partial charge in [0.2, 0.25) is 0 Å². The fourth-order valence-corrected chi connectivity index (χ4v) is 3.14. The monoisotopic (exact) mass is 352 g/mol. The van der Waals surface area contributed by atoms with Gasteiger partial charge in [-0.3, -0.25) is 9.59 Å². The van der Waals surface area contributed by atoms with Gasteiger partial charge in [0.15, 0.2) is 0 Å². The van der Waals surface area contributed by atoms with Crippen LogP contribution in [0.25, 0.3) is 0 Å². The van der Waals surface area contributed by atoms with Gasteiger partial charge in [0.1, 0.15) is 11.9 Å². The minimum atomic E-state index is -0.950. The van der Waals surface area contributed by atoms with Crippen molar-refractivity contribution in [3.8, 4) is 5.75 Å². The quantitative estimate of drug-likeness (QED) is 0.830. The summed E-state index contributed by atoms with van der Waals surface area (Å²) in [6.07, 6.45) is 1.45. The largest absolute Gasteiger partial charge is 0.496 e. The summed E-state index contributed by atoms with van der Waals surface area (Å²) < 4.78 is 5.24. The lowest BCUT2D eigenvalue weighted by Gasteiger charge is -2.35. The molecule has 0 aliphatic carbocycles. The first kappa shape index (κ1) is 18.6. The van der Waals surface area contributed by atoms with Crippen LogP contribution in [0.1, 0.15) is 16.8 Å². The number of amides is 2. The maximum atomic E-state index is 12.6. The molecule has 0 bridgehead atoms. The van der Waals surface area contributed by atoms with Crippen molar-refractivity contribution in [1.82, 2.24) is 9.80 Å². The summed E-state index contributed by atoms with van der Waals surface area (Å²) in [6, 6.07) is 7.12. The Labute approximate surface area is 146 Å². The van der Waals surface area contributed by atoms with Gasteiger partial charge in [0.25, 0.3) is 11.8 Å². The number of piperazine rings is 1. The number of ether oxygens (including phenoxy) is 1. The van der Waals surface area contributed by atoms with E-state index in [9.17, 15) is 14.7 Å². The van der Waals surface area contributed by atoms with Crippen molar-refractivity contribution in [1.29, 1.82) is 0 Å². The Balaban J connectivity index is 1.92. The first-order chi connectivity index (χ1) is 11.6. The van der Waals surface area contributed by atoms with E-state index in [0.29, 0.717) is 43.9 Å². The van der Waals surface area contributed by atoms with Gasteiger partial charge in [0, 0.05) is 26.2 Å². The lowest BCUT2D eigenvalue weighted by Crippen LogP contribution is -2.53. The number of para-hydroxylation sites is 1. The van der Waals surface area contributed by atoms with E-state index in [4.69, 9.17) is 4.74 Å². The van der Waals surface area contributed by atoms with Crippen LogP contribution in [0.15, 0.2) is 24.3 Å². The average molecular weight is 352 g/mol. The second kappa shape index (κ2) is 8.94. The first-order valence-electron chi connectivity index (χ1n) is 7.96. The van der Waals surface area contributed by atoms with Crippen molar-refractivity contribution in [2.45, 2.75) is 12.5 Å².